The van der Waals surface area contributed by atoms with Gasteiger partial charge in [-0.25, -0.2) is 4.79 Å². The third-order valence-corrected chi connectivity index (χ3v) is 4.02. The van der Waals surface area contributed by atoms with Gasteiger partial charge in [0.05, 0.1) is 13.2 Å². The number of carbonyl (C=O) groups is 2. The average Bonchev–Trinajstić information content (AvgIpc) is 3.11. The summed E-state index contributed by atoms with van der Waals surface area (Å²) in [6.07, 6.45) is 0.870. The first-order valence-corrected chi connectivity index (χ1v) is 6.90. The monoisotopic (exact) mass is 291 g/mol. The second-order valence-corrected chi connectivity index (χ2v) is 5.17. The molecule has 1 aromatic carbocycles. The summed E-state index contributed by atoms with van der Waals surface area (Å²) in [5.41, 5.74) is 0.906. The molecule has 2 unspecified atom stereocenters. The van der Waals surface area contributed by atoms with Crippen molar-refractivity contribution in [1.82, 2.24) is 4.90 Å². The molecule has 0 bridgehead atoms. The Labute approximate surface area is 122 Å². The van der Waals surface area contributed by atoms with E-state index in [2.05, 4.69) is 0 Å². The minimum Gasteiger partial charge on any atom is -0.467 e. The van der Waals surface area contributed by atoms with Gasteiger partial charge >= 0.3 is 5.97 Å². The Balaban J connectivity index is 1.87. The third-order valence-electron chi connectivity index (χ3n) is 4.02. The highest BCUT2D eigenvalue weighted by Gasteiger charge is 2.40. The first kappa shape index (κ1) is 13.7. The zero-order valence-electron chi connectivity index (χ0n) is 12.0. The third kappa shape index (κ3) is 2.30. The van der Waals surface area contributed by atoms with Crippen LogP contribution in [-0.4, -0.2) is 36.7 Å². The normalized spacial score (nSPS) is 21.5. The van der Waals surface area contributed by atoms with Gasteiger partial charge in [-0.1, -0.05) is 6.07 Å². The molecule has 2 heterocycles. The molecule has 1 amide bonds. The maximum absolute atomic E-state index is 12.1. The summed E-state index contributed by atoms with van der Waals surface area (Å²) in [7, 11) is 1.34. The van der Waals surface area contributed by atoms with Gasteiger partial charge in [-0.05, 0) is 31.0 Å². The first-order valence-electron chi connectivity index (χ1n) is 6.90. The Morgan fingerprint density at radius 2 is 2.14 bits per heavy atom. The number of rotatable bonds is 3. The molecule has 0 N–H and O–H groups in total. The highest BCUT2D eigenvalue weighted by molar-refractivity contribution is 5.88. The van der Waals surface area contributed by atoms with Crippen LogP contribution in [0.4, 0.5) is 0 Å². The Kier molecular flexibility index (Phi) is 3.45. The van der Waals surface area contributed by atoms with Crippen LogP contribution in [0.1, 0.15) is 31.4 Å². The fourth-order valence-electron chi connectivity index (χ4n) is 2.89. The van der Waals surface area contributed by atoms with Gasteiger partial charge in [-0.15, -0.1) is 0 Å². The molecule has 1 saturated heterocycles. The van der Waals surface area contributed by atoms with Crippen molar-refractivity contribution in [3.63, 3.8) is 0 Å². The lowest BCUT2D eigenvalue weighted by atomic mass is 10.1. The molecule has 6 nitrogen and oxygen atoms in total. The SMILES string of the molecule is COC(=O)C1CCC(=O)N1C(C)c1ccc2c(c1)OCO2. The van der Waals surface area contributed by atoms with Crippen molar-refractivity contribution in [2.45, 2.75) is 31.8 Å². The lowest BCUT2D eigenvalue weighted by Gasteiger charge is -2.29. The Morgan fingerprint density at radius 1 is 1.38 bits per heavy atom. The van der Waals surface area contributed by atoms with Crippen LogP contribution >= 0.6 is 0 Å². The molecular formula is C15H17NO5. The molecule has 2 aliphatic heterocycles. The highest BCUT2D eigenvalue weighted by atomic mass is 16.7. The van der Waals surface area contributed by atoms with E-state index < -0.39 is 6.04 Å². The smallest absolute Gasteiger partial charge is 0.328 e. The summed E-state index contributed by atoms with van der Waals surface area (Å²) >= 11 is 0. The molecule has 0 aromatic heterocycles. The molecule has 0 radical (unpaired) electrons. The molecule has 1 fully saturated rings. The van der Waals surface area contributed by atoms with E-state index in [4.69, 9.17) is 14.2 Å². The zero-order valence-corrected chi connectivity index (χ0v) is 12.0. The molecule has 112 valence electrons. The predicted octanol–water partition coefficient (Wildman–Crippen LogP) is 1.64. The van der Waals surface area contributed by atoms with Crippen LogP contribution < -0.4 is 9.47 Å². The van der Waals surface area contributed by atoms with Gasteiger partial charge in [-0.3, -0.25) is 4.79 Å². The van der Waals surface area contributed by atoms with Crippen molar-refractivity contribution in [2.75, 3.05) is 13.9 Å². The van der Waals surface area contributed by atoms with Gasteiger partial charge in [-0.2, -0.15) is 0 Å². The predicted molar refractivity (Wildman–Crippen MR) is 72.9 cm³/mol. The lowest BCUT2D eigenvalue weighted by molar-refractivity contribution is -0.150. The number of esters is 1. The summed E-state index contributed by atoms with van der Waals surface area (Å²) in [5.74, 6) is 0.966. The number of likely N-dealkylation sites (tertiary alicyclic amines) is 1. The van der Waals surface area contributed by atoms with E-state index in [9.17, 15) is 9.59 Å². The molecule has 0 spiro atoms. The van der Waals surface area contributed by atoms with Gasteiger partial charge in [0.2, 0.25) is 12.7 Å². The van der Waals surface area contributed by atoms with Crippen LogP contribution in [0.5, 0.6) is 11.5 Å². The molecule has 1 aromatic rings. The maximum Gasteiger partial charge on any atom is 0.328 e. The van der Waals surface area contributed by atoms with Crippen LogP contribution in [-0.2, 0) is 14.3 Å². The van der Waals surface area contributed by atoms with Crippen LogP contribution in [0, 0.1) is 0 Å². The van der Waals surface area contributed by atoms with Crippen LogP contribution in [0.25, 0.3) is 0 Å². The van der Waals surface area contributed by atoms with Crippen LogP contribution in [0.15, 0.2) is 18.2 Å². The van der Waals surface area contributed by atoms with E-state index in [1.165, 1.54) is 7.11 Å². The summed E-state index contributed by atoms with van der Waals surface area (Å²) < 4.78 is 15.4. The topological polar surface area (TPSA) is 65.1 Å². The number of methoxy groups -OCH3 is 1. The molecular weight excluding hydrogens is 274 g/mol. The van der Waals surface area contributed by atoms with Gasteiger partial charge in [0.1, 0.15) is 6.04 Å². The molecule has 0 saturated carbocycles. The standard InChI is InChI=1S/C15H17NO5/c1-9(10-3-5-12-13(7-10)21-8-20-12)16-11(15(18)19-2)4-6-14(16)17/h3,5,7,9,11H,4,6,8H2,1-2H3. The van der Waals surface area contributed by atoms with E-state index in [1.807, 2.05) is 25.1 Å². The van der Waals surface area contributed by atoms with Crippen molar-refractivity contribution < 1.29 is 23.8 Å². The van der Waals surface area contributed by atoms with Crippen LogP contribution in [0.2, 0.25) is 0 Å². The number of benzene rings is 1. The number of fused-ring (bicyclic) bond motifs is 1. The van der Waals surface area contributed by atoms with E-state index in [0.29, 0.717) is 24.3 Å². The lowest BCUT2D eigenvalue weighted by Crippen LogP contribution is -2.40. The molecule has 21 heavy (non-hydrogen) atoms. The fourth-order valence-corrected chi connectivity index (χ4v) is 2.89. The molecule has 3 rings (SSSR count). The summed E-state index contributed by atoms with van der Waals surface area (Å²) in [6, 6.07) is 4.83. The van der Waals surface area contributed by atoms with E-state index in [0.717, 1.165) is 5.56 Å². The van der Waals surface area contributed by atoms with Crippen molar-refractivity contribution in [2.24, 2.45) is 0 Å². The van der Waals surface area contributed by atoms with Gasteiger partial charge in [0.15, 0.2) is 11.5 Å². The number of hydrogen-bond donors (Lipinski definition) is 0. The van der Waals surface area contributed by atoms with Gasteiger partial charge in [0.25, 0.3) is 0 Å². The summed E-state index contributed by atoms with van der Waals surface area (Å²) in [6.45, 7) is 2.11. The quantitative estimate of drug-likeness (QED) is 0.792. The maximum atomic E-state index is 12.1. The second kappa shape index (κ2) is 5.27. The van der Waals surface area contributed by atoms with E-state index in [1.54, 1.807) is 4.90 Å². The second-order valence-electron chi connectivity index (χ2n) is 5.17. The Bertz CT molecular complexity index is 585. The van der Waals surface area contributed by atoms with Crippen LogP contribution in [0.3, 0.4) is 0 Å². The van der Waals surface area contributed by atoms with E-state index >= 15 is 0 Å². The van der Waals surface area contributed by atoms with Crippen molar-refractivity contribution in [3.8, 4) is 11.5 Å². The number of nitrogens with zero attached hydrogens (tertiary/aromatic N) is 1. The number of carbonyl (C=O) groups excluding carboxylic acids is 2. The van der Waals surface area contributed by atoms with Gasteiger partial charge in [0, 0.05) is 6.42 Å². The van der Waals surface area contributed by atoms with Crippen molar-refractivity contribution in [1.29, 1.82) is 0 Å². The molecule has 2 aliphatic rings. The van der Waals surface area contributed by atoms with Crippen molar-refractivity contribution in [3.05, 3.63) is 23.8 Å². The first-order chi connectivity index (χ1) is 10.1. The minimum absolute atomic E-state index is 0.0319. The highest BCUT2D eigenvalue weighted by Crippen LogP contribution is 2.37. The Morgan fingerprint density at radius 3 is 2.90 bits per heavy atom. The largest absolute Gasteiger partial charge is 0.467 e. The molecule has 2 atom stereocenters. The Hall–Kier alpha value is -2.24. The summed E-state index contributed by atoms with van der Waals surface area (Å²) in [5, 5.41) is 0. The molecule has 0 aliphatic carbocycles. The minimum atomic E-state index is -0.511. The average molecular weight is 291 g/mol. The van der Waals surface area contributed by atoms with Crippen molar-refractivity contribution >= 4 is 11.9 Å². The summed E-state index contributed by atoms with van der Waals surface area (Å²) in [4.78, 5) is 25.5. The number of hydrogen-bond acceptors (Lipinski definition) is 5. The zero-order chi connectivity index (χ0) is 15.0. The molecule has 6 heteroatoms. The van der Waals surface area contributed by atoms with E-state index in [-0.39, 0.29) is 24.7 Å². The number of amides is 1. The number of ether oxygens (including phenoxy) is 3. The fraction of sp³-hybridized carbons (Fsp3) is 0.467. The van der Waals surface area contributed by atoms with Gasteiger partial charge < -0.3 is 19.1 Å².